The number of ether oxygens (including phenoxy) is 3. The summed E-state index contributed by atoms with van der Waals surface area (Å²) in [6.07, 6.45) is 20.6. The van der Waals surface area contributed by atoms with Crippen molar-refractivity contribution in [1.82, 2.24) is 5.32 Å². The summed E-state index contributed by atoms with van der Waals surface area (Å²) < 4.78 is 16.0. The molecule has 4 aliphatic heterocycles. The van der Waals surface area contributed by atoms with Crippen molar-refractivity contribution in [3.05, 3.63) is 237 Å². The van der Waals surface area contributed by atoms with Gasteiger partial charge in [0.1, 0.15) is 11.5 Å². The fraction of sp³-hybridized carbons (Fsp3) is 0.449. The molecular formula is C78H113NO4. The zero-order valence-corrected chi connectivity index (χ0v) is 54.6. The van der Waals surface area contributed by atoms with E-state index < -0.39 is 0 Å². The fourth-order valence-corrected chi connectivity index (χ4v) is 9.93. The first-order valence-corrected chi connectivity index (χ1v) is 32.8. The van der Waals surface area contributed by atoms with Crippen molar-refractivity contribution in [3.8, 4) is 11.5 Å². The highest BCUT2D eigenvalue weighted by Crippen LogP contribution is 2.25. The van der Waals surface area contributed by atoms with Gasteiger partial charge in [0, 0.05) is 18.5 Å². The number of aryl methyl sites for hydroxylation is 7. The third-order valence-corrected chi connectivity index (χ3v) is 13.8. The number of carbonyl (C=O) groups excluding carboxylic acids is 1. The summed E-state index contributed by atoms with van der Waals surface area (Å²) in [4.78, 5) is 11.0. The van der Waals surface area contributed by atoms with E-state index in [1.165, 1.54) is 106 Å². The SMILES string of the molecule is CC.CC.CC.CC.CC.CC.CC.O=C1NCc2ccccc21.c1ccc2c(c1)CCC2.c1ccc2c(c1)CCCC2.c1ccc2c(c1)CCCCC2.c1ccc2c(c1)CCCO2.c1ccc2c(c1)CCO2.c1ccc2c(c1)CCOC2. The van der Waals surface area contributed by atoms with Crippen LogP contribution in [0.4, 0.5) is 0 Å². The van der Waals surface area contributed by atoms with E-state index in [1.807, 2.05) is 152 Å². The predicted molar refractivity (Wildman–Crippen MR) is 362 cm³/mol. The maximum absolute atomic E-state index is 11.0. The Morgan fingerprint density at radius 1 is 0.277 bits per heavy atom. The van der Waals surface area contributed by atoms with Crippen LogP contribution < -0.4 is 14.8 Å². The van der Waals surface area contributed by atoms with Crippen LogP contribution in [-0.2, 0) is 75.7 Å². The van der Waals surface area contributed by atoms with Gasteiger partial charge in [-0.2, -0.15) is 0 Å². The molecule has 5 heteroatoms. The highest BCUT2D eigenvalue weighted by Gasteiger charge is 2.16. The van der Waals surface area contributed by atoms with Crippen LogP contribution in [0.1, 0.15) is 213 Å². The molecule has 5 nitrogen and oxygen atoms in total. The van der Waals surface area contributed by atoms with E-state index in [2.05, 4.69) is 121 Å². The summed E-state index contributed by atoms with van der Waals surface area (Å²) in [5.74, 6) is 2.20. The highest BCUT2D eigenvalue weighted by atomic mass is 16.5. The molecule has 3 aliphatic carbocycles. The Morgan fingerprint density at radius 3 is 0.976 bits per heavy atom. The zero-order valence-electron chi connectivity index (χ0n) is 54.6. The Morgan fingerprint density at radius 2 is 0.578 bits per heavy atom. The molecule has 0 saturated carbocycles. The molecule has 0 fully saturated rings. The Balaban J connectivity index is 0.000000467. The first kappa shape index (κ1) is 74.6. The maximum Gasteiger partial charge on any atom is 0.251 e. The van der Waals surface area contributed by atoms with Gasteiger partial charge in [-0.3, -0.25) is 4.79 Å². The molecule has 14 rings (SSSR count). The number of nitrogens with one attached hydrogen (secondary N) is 1. The smallest absolute Gasteiger partial charge is 0.251 e. The number of para-hydroxylation sites is 2. The number of benzene rings is 7. The van der Waals surface area contributed by atoms with E-state index in [0.717, 1.165) is 68.3 Å². The summed E-state index contributed by atoms with van der Waals surface area (Å²) in [6.45, 7) is 32.1. The van der Waals surface area contributed by atoms with Crippen LogP contribution >= 0.6 is 0 Å². The third kappa shape index (κ3) is 28.1. The number of fused-ring (bicyclic) bond motifs is 7. The number of amides is 1. The largest absolute Gasteiger partial charge is 0.493 e. The van der Waals surface area contributed by atoms with E-state index in [1.54, 1.807) is 33.4 Å². The van der Waals surface area contributed by atoms with E-state index in [9.17, 15) is 4.79 Å². The number of hydrogen-bond donors (Lipinski definition) is 1. The molecule has 1 amide bonds. The molecule has 0 atom stereocenters. The second-order valence-electron chi connectivity index (χ2n) is 18.6. The zero-order chi connectivity index (χ0) is 61.1. The summed E-state index contributed by atoms with van der Waals surface area (Å²) >= 11 is 0. The van der Waals surface area contributed by atoms with Gasteiger partial charge in [0.25, 0.3) is 5.91 Å². The molecular weight excluding hydrogens is 1010 g/mol. The topological polar surface area (TPSA) is 56.8 Å². The normalized spacial score (nSPS) is 13.6. The Bertz CT molecular complexity index is 2350. The maximum atomic E-state index is 11.0. The van der Waals surface area contributed by atoms with Crippen LogP contribution in [0.3, 0.4) is 0 Å². The van der Waals surface area contributed by atoms with Crippen molar-refractivity contribution in [2.45, 2.75) is 213 Å². The predicted octanol–water partition coefficient (Wildman–Crippen LogP) is 21.2. The second kappa shape index (κ2) is 50.1. The molecule has 0 unspecified atom stereocenters. The number of hydrogen-bond acceptors (Lipinski definition) is 4. The van der Waals surface area contributed by atoms with E-state index in [4.69, 9.17) is 14.2 Å². The van der Waals surface area contributed by atoms with Crippen molar-refractivity contribution in [1.29, 1.82) is 0 Å². The van der Waals surface area contributed by atoms with E-state index in [-0.39, 0.29) is 5.91 Å². The van der Waals surface area contributed by atoms with Crippen molar-refractivity contribution in [2.24, 2.45) is 0 Å². The lowest BCUT2D eigenvalue weighted by Crippen LogP contribution is -2.12. The summed E-state index contributed by atoms with van der Waals surface area (Å²) in [7, 11) is 0. The lowest BCUT2D eigenvalue weighted by atomic mass is 9.92. The first-order valence-electron chi connectivity index (χ1n) is 32.8. The minimum atomic E-state index is 0.0515. The van der Waals surface area contributed by atoms with Gasteiger partial charge in [0.15, 0.2) is 0 Å². The van der Waals surface area contributed by atoms with Crippen molar-refractivity contribution >= 4 is 5.91 Å². The van der Waals surface area contributed by atoms with Crippen molar-refractivity contribution < 1.29 is 19.0 Å². The molecule has 83 heavy (non-hydrogen) atoms. The molecule has 0 saturated heterocycles. The number of carbonyl (C=O) groups is 1. The van der Waals surface area contributed by atoms with Crippen molar-refractivity contribution in [2.75, 3.05) is 19.8 Å². The summed E-state index contributed by atoms with van der Waals surface area (Å²) in [5.41, 5.74) is 16.9. The van der Waals surface area contributed by atoms with Crippen LogP contribution in [-0.4, -0.2) is 25.7 Å². The van der Waals surface area contributed by atoms with Crippen LogP contribution in [0.5, 0.6) is 11.5 Å². The van der Waals surface area contributed by atoms with Crippen LogP contribution in [0, 0.1) is 0 Å². The highest BCUT2D eigenvalue weighted by molar-refractivity contribution is 5.98. The van der Waals surface area contributed by atoms with Gasteiger partial charge in [-0.05, 0) is 169 Å². The van der Waals surface area contributed by atoms with Crippen LogP contribution in [0.15, 0.2) is 170 Å². The van der Waals surface area contributed by atoms with Crippen LogP contribution in [0.2, 0.25) is 0 Å². The molecule has 0 bridgehead atoms. The van der Waals surface area contributed by atoms with Gasteiger partial charge >= 0.3 is 0 Å². The Labute approximate surface area is 508 Å². The fourth-order valence-electron chi connectivity index (χ4n) is 9.93. The monoisotopic (exact) mass is 1130 g/mol. The lowest BCUT2D eigenvalue weighted by molar-refractivity contribution is 0.0965. The second-order valence-corrected chi connectivity index (χ2v) is 18.6. The molecule has 0 spiro atoms. The average Bonchev–Trinajstić information content (AvgIpc) is 4.35. The van der Waals surface area contributed by atoms with Gasteiger partial charge < -0.3 is 19.5 Å². The summed E-state index contributed by atoms with van der Waals surface area (Å²) in [6, 6.07) is 58.9. The quantitative estimate of drug-likeness (QED) is 0.154. The number of rotatable bonds is 0. The van der Waals surface area contributed by atoms with Gasteiger partial charge in [-0.15, -0.1) is 0 Å². The minimum absolute atomic E-state index is 0.0515. The molecule has 4 heterocycles. The molecule has 1 N–H and O–H groups in total. The Kier molecular flexibility index (Phi) is 45.0. The molecule has 0 aromatic heterocycles. The van der Waals surface area contributed by atoms with E-state index >= 15 is 0 Å². The molecule has 454 valence electrons. The van der Waals surface area contributed by atoms with Crippen molar-refractivity contribution in [3.63, 3.8) is 0 Å². The lowest BCUT2D eigenvalue weighted by Gasteiger charge is -2.15. The molecule has 7 aromatic carbocycles. The van der Waals surface area contributed by atoms with Gasteiger partial charge in [-0.25, -0.2) is 0 Å². The van der Waals surface area contributed by atoms with Gasteiger partial charge in [0.2, 0.25) is 0 Å². The third-order valence-electron chi connectivity index (χ3n) is 13.8. The van der Waals surface area contributed by atoms with Crippen LogP contribution in [0.25, 0.3) is 0 Å². The average molecular weight is 1130 g/mol. The minimum Gasteiger partial charge on any atom is -0.493 e. The molecule has 0 radical (unpaired) electrons. The van der Waals surface area contributed by atoms with Gasteiger partial charge in [-0.1, -0.05) is 255 Å². The Hall–Kier alpha value is -6.43. The molecule has 7 aromatic rings. The van der Waals surface area contributed by atoms with E-state index in [0.29, 0.717) is 6.54 Å². The molecule has 7 aliphatic rings. The first-order chi connectivity index (χ1) is 41.2. The summed E-state index contributed by atoms with van der Waals surface area (Å²) in [5, 5.41) is 2.75. The van der Waals surface area contributed by atoms with Gasteiger partial charge in [0.05, 0.1) is 26.4 Å². The standard InChI is InChI=1S/C11H14.C10H12.2C9H10O.C9H10.C8H7NO.C8H8O.7C2H6/c1-2-6-10-8-4-5-9-11(10)7-3-1;1-2-6-10-8-4-3-7-9(10)5-1;1-2-6-9-8(4-1)5-3-7-10-9;1-2-4-9-7-10-6-5-8(9)3-1;1-2-5-9-7-3-6-8(9)4-1;10-8-7-4-2-1-3-6(7)5-9-8;1-2-4-8-7(3-1)5-6-9-8;7*1-2/h4-5,8-9H,1-3,6-7H2;1-2,5-6H,3-4,7-8H2;1-2,4,6H,3,5,7H2;1-4H,5-7H2;1-2,4-5H,3,6-7H2;1-4H,5H2,(H,9,10);1-4H,5-6H2;7*1-2H3.